The average Bonchev–Trinajstić information content (AvgIpc) is 3.27. The van der Waals surface area contributed by atoms with Crippen molar-refractivity contribution in [3.63, 3.8) is 0 Å². The summed E-state index contributed by atoms with van der Waals surface area (Å²) in [7, 11) is 0. The molecule has 0 amide bonds. The molecule has 0 atom stereocenters. The third-order valence-electron chi connectivity index (χ3n) is 3.92. The Bertz CT molecular complexity index is 611. The van der Waals surface area contributed by atoms with E-state index >= 15 is 0 Å². The van der Waals surface area contributed by atoms with Crippen molar-refractivity contribution < 1.29 is 14.8 Å². The van der Waals surface area contributed by atoms with Crippen molar-refractivity contribution in [2.24, 2.45) is 5.92 Å². The van der Waals surface area contributed by atoms with Crippen molar-refractivity contribution >= 4 is 28.9 Å². The van der Waals surface area contributed by atoms with Crippen molar-refractivity contribution in [1.29, 1.82) is 0 Å². The zero-order valence-electron chi connectivity index (χ0n) is 11.3. The quantitative estimate of drug-likeness (QED) is 0.643. The number of nitrogens with zero attached hydrogens (tertiary/aromatic N) is 2. The van der Waals surface area contributed by atoms with Crippen LogP contribution in [0.4, 0.5) is 11.4 Å². The number of non-ortho nitro benzene ring substituents is 1. The van der Waals surface area contributed by atoms with Crippen molar-refractivity contribution in [1.82, 2.24) is 0 Å². The number of nitro benzene ring substituents is 1. The van der Waals surface area contributed by atoms with E-state index in [1.54, 1.807) is 0 Å². The molecule has 0 saturated heterocycles. The minimum Gasteiger partial charge on any atom is -0.478 e. The standard InChI is InChI=1S/C14H15ClN2O4/c15-12-6-10(17(20)21)5-11(14(18)19)13(12)16(9-3-4-9)7-8-1-2-8/h5-6,8-9H,1-4,7H2,(H,18,19). The summed E-state index contributed by atoms with van der Waals surface area (Å²) in [6.07, 6.45) is 4.32. The Labute approximate surface area is 126 Å². The summed E-state index contributed by atoms with van der Waals surface area (Å²) in [5.74, 6) is -0.601. The van der Waals surface area contributed by atoms with E-state index in [-0.39, 0.29) is 16.3 Å². The Balaban J connectivity index is 2.05. The highest BCUT2D eigenvalue weighted by Gasteiger charge is 2.37. The van der Waals surface area contributed by atoms with Gasteiger partial charge in [0.15, 0.2) is 0 Å². The molecule has 112 valence electrons. The lowest BCUT2D eigenvalue weighted by molar-refractivity contribution is -0.384. The summed E-state index contributed by atoms with van der Waals surface area (Å²) in [4.78, 5) is 23.8. The number of nitro groups is 1. The molecule has 0 heterocycles. The number of hydrogen-bond acceptors (Lipinski definition) is 4. The van der Waals surface area contributed by atoms with Crippen LogP contribution in [0, 0.1) is 16.0 Å². The van der Waals surface area contributed by atoms with Gasteiger partial charge in [-0.1, -0.05) is 11.6 Å². The van der Waals surface area contributed by atoms with Crippen LogP contribution in [0.3, 0.4) is 0 Å². The van der Waals surface area contributed by atoms with Gasteiger partial charge in [-0.2, -0.15) is 0 Å². The van der Waals surface area contributed by atoms with Gasteiger partial charge in [0, 0.05) is 24.7 Å². The smallest absolute Gasteiger partial charge is 0.338 e. The van der Waals surface area contributed by atoms with Gasteiger partial charge >= 0.3 is 5.97 Å². The first-order valence-electron chi connectivity index (χ1n) is 6.95. The van der Waals surface area contributed by atoms with Gasteiger partial charge < -0.3 is 10.0 Å². The first-order chi connectivity index (χ1) is 9.97. The number of carbonyl (C=O) groups is 1. The molecule has 2 saturated carbocycles. The molecule has 0 spiro atoms. The fraction of sp³-hybridized carbons (Fsp3) is 0.500. The van der Waals surface area contributed by atoms with Gasteiger partial charge in [-0.15, -0.1) is 0 Å². The van der Waals surface area contributed by atoms with Crippen LogP contribution >= 0.6 is 11.6 Å². The summed E-state index contributed by atoms with van der Waals surface area (Å²) >= 11 is 6.18. The maximum Gasteiger partial charge on any atom is 0.338 e. The molecule has 2 aliphatic rings. The summed E-state index contributed by atoms with van der Waals surface area (Å²) in [6, 6.07) is 2.65. The van der Waals surface area contributed by atoms with Crippen LogP contribution in [0.2, 0.25) is 5.02 Å². The number of aromatic carboxylic acids is 1. The average molecular weight is 311 g/mol. The number of hydrogen-bond donors (Lipinski definition) is 1. The van der Waals surface area contributed by atoms with E-state index in [0.29, 0.717) is 17.6 Å². The van der Waals surface area contributed by atoms with Crippen LogP contribution in [0.5, 0.6) is 0 Å². The third-order valence-corrected chi connectivity index (χ3v) is 4.20. The lowest BCUT2D eigenvalue weighted by atomic mass is 10.1. The lowest BCUT2D eigenvalue weighted by Crippen LogP contribution is -2.30. The molecule has 2 fully saturated rings. The van der Waals surface area contributed by atoms with Crippen LogP contribution in [0.1, 0.15) is 36.0 Å². The molecule has 0 aliphatic heterocycles. The normalized spacial score (nSPS) is 17.6. The molecular formula is C14H15ClN2O4. The predicted molar refractivity (Wildman–Crippen MR) is 78.2 cm³/mol. The van der Waals surface area contributed by atoms with Gasteiger partial charge in [0.25, 0.3) is 5.69 Å². The summed E-state index contributed by atoms with van der Waals surface area (Å²) < 4.78 is 0. The van der Waals surface area contributed by atoms with E-state index in [2.05, 4.69) is 0 Å². The van der Waals surface area contributed by atoms with Gasteiger partial charge in [-0.05, 0) is 31.6 Å². The maximum atomic E-state index is 11.5. The maximum absolute atomic E-state index is 11.5. The van der Waals surface area contributed by atoms with Crippen LogP contribution in [-0.2, 0) is 0 Å². The second-order valence-electron chi connectivity index (χ2n) is 5.71. The zero-order valence-corrected chi connectivity index (χ0v) is 12.0. The number of anilines is 1. The van der Waals surface area contributed by atoms with E-state index in [0.717, 1.165) is 38.3 Å². The molecule has 3 rings (SSSR count). The monoisotopic (exact) mass is 310 g/mol. The fourth-order valence-corrected chi connectivity index (χ4v) is 2.85. The predicted octanol–water partition coefficient (Wildman–Crippen LogP) is 3.33. The lowest BCUT2D eigenvalue weighted by Gasteiger charge is -2.27. The van der Waals surface area contributed by atoms with Crippen LogP contribution in [-0.4, -0.2) is 28.6 Å². The van der Waals surface area contributed by atoms with Crippen molar-refractivity contribution in [2.75, 3.05) is 11.4 Å². The number of halogens is 1. The molecule has 1 N–H and O–H groups in total. The van der Waals surface area contributed by atoms with Gasteiger partial charge in [0.05, 0.1) is 21.2 Å². The Kier molecular flexibility index (Phi) is 3.49. The molecule has 1 aromatic rings. The van der Waals surface area contributed by atoms with Gasteiger partial charge in [-0.25, -0.2) is 4.79 Å². The SMILES string of the molecule is O=C(O)c1cc([N+](=O)[O-])cc(Cl)c1N(CC1CC1)C1CC1. The Morgan fingerprint density at radius 2 is 2.05 bits per heavy atom. The molecule has 2 aliphatic carbocycles. The van der Waals surface area contributed by atoms with Gasteiger partial charge in [0.2, 0.25) is 0 Å². The van der Waals surface area contributed by atoms with Crippen LogP contribution in [0.15, 0.2) is 12.1 Å². The largest absolute Gasteiger partial charge is 0.478 e. The topological polar surface area (TPSA) is 83.7 Å². The number of rotatable bonds is 6. The number of carboxylic acids is 1. The summed E-state index contributed by atoms with van der Waals surface area (Å²) in [5.41, 5.74) is 0.0641. The molecule has 6 nitrogen and oxygen atoms in total. The molecule has 7 heteroatoms. The minimum atomic E-state index is -1.18. The van der Waals surface area contributed by atoms with Crippen LogP contribution in [0.25, 0.3) is 0 Å². The second kappa shape index (κ2) is 5.18. The number of benzene rings is 1. The van der Waals surface area contributed by atoms with E-state index in [4.69, 9.17) is 11.6 Å². The highest BCUT2D eigenvalue weighted by molar-refractivity contribution is 6.34. The van der Waals surface area contributed by atoms with Gasteiger partial charge in [-0.3, -0.25) is 10.1 Å². The van der Waals surface area contributed by atoms with E-state index in [9.17, 15) is 20.0 Å². The highest BCUT2D eigenvalue weighted by atomic mass is 35.5. The Morgan fingerprint density at radius 1 is 1.38 bits per heavy atom. The fourth-order valence-electron chi connectivity index (χ4n) is 2.53. The van der Waals surface area contributed by atoms with Gasteiger partial charge in [0.1, 0.15) is 0 Å². The van der Waals surface area contributed by atoms with Crippen molar-refractivity contribution in [3.05, 3.63) is 32.8 Å². The molecule has 21 heavy (non-hydrogen) atoms. The second-order valence-corrected chi connectivity index (χ2v) is 6.12. The van der Waals surface area contributed by atoms with Crippen molar-refractivity contribution in [2.45, 2.75) is 31.7 Å². The summed E-state index contributed by atoms with van der Waals surface area (Å²) in [5, 5.41) is 20.4. The van der Waals surface area contributed by atoms with Crippen LogP contribution < -0.4 is 4.90 Å². The third kappa shape index (κ3) is 2.95. The van der Waals surface area contributed by atoms with E-state index in [1.807, 2.05) is 4.90 Å². The zero-order chi connectivity index (χ0) is 15.1. The first kappa shape index (κ1) is 14.1. The highest BCUT2D eigenvalue weighted by Crippen LogP contribution is 2.43. The summed E-state index contributed by atoms with van der Waals surface area (Å²) in [6.45, 7) is 0.780. The Hall–Kier alpha value is -1.82. The Morgan fingerprint density at radius 3 is 2.52 bits per heavy atom. The molecule has 0 radical (unpaired) electrons. The molecular weight excluding hydrogens is 296 g/mol. The molecule has 0 unspecified atom stereocenters. The molecule has 0 aromatic heterocycles. The molecule has 0 bridgehead atoms. The minimum absolute atomic E-state index is 0.0817. The van der Waals surface area contributed by atoms with Crippen molar-refractivity contribution in [3.8, 4) is 0 Å². The van der Waals surface area contributed by atoms with E-state index < -0.39 is 10.9 Å². The molecule has 1 aromatic carbocycles. The first-order valence-corrected chi connectivity index (χ1v) is 7.33. The van der Waals surface area contributed by atoms with E-state index in [1.165, 1.54) is 6.07 Å². The number of carboxylic acid groups (broad SMARTS) is 1.